The molecule has 1 amide bonds. The minimum absolute atomic E-state index is 0.0802. The molecule has 0 aliphatic rings. The van der Waals surface area contributed by atoms with Crippen molar-refractivity contribution >= 4 is 43.6 Å². The predicted molar refractivity (Wildman–Crippen MR) is 80.6 cm³/mol. The number of likely N-dealkylation sites (N-methyl/N-ethyl adjacent to an activating group) is 1. The van der Waals surface area contributed by atoms with Crippen molar-refractivity contribution in [2.45, 2.75) is 26.8 Å². The zero-order chi connectivity index (χ0) is 13.7. The first-order chi connectivity index (χ1) is 8.49. The third-order valence-corrected chi connectivity index (χ3v) is 3.64. The van der Waals surface area contributed by atoms with Crippen molar-refractivity contribution in [1.82, 2.24) is 9.88 Å². The Labute approximate surface area is 124 Å². The van der Waals surface area contributed by atoms with Crippen LogP contribution in [-0.4, -0.2) is 34.9 Å². The Morgan fingerprint density at radius 3 is 2.56 bits per heavy atom. The number of aromatic nitrogens is 1. The summed E-state index contributed by atoms with van der Waals surface area (Å²) in [5.41, 5.74) is 0. The summed E-state index contributed by atoms with van der Waals surface area (Å²) in [5.74, 6) is 0.753. The summed E-state index contributed by atoms with van der Waals surface area (Å²) in [4.78, 5) is 18.1. The standard InChI is InChI=1S/C12H17Br2N3O/c1-4-17(5-2)12(18)8(3)16-11-10(14)6-9(13)7-15-11/h6-8H,4-5H2,1-3H3,(H,15,16). The number of rotatable bonds is 5. The highest BCUT2D eigenvalue weighted by Gasteiger charge is 2.19. The summed E-state index contributed by atoms with van der Waals surface area (Å²) in [7, 11) is 0. The zero-order valence-electron chi connectivity index (χ0n) is 10.7. The number of nitrogens with one attached hydrogen (secondary N) is 1. The maximum Gasteiger partial charge on any atom is 0.244 e. The van der Waals surface area contributed by atoms with E-state index in [1.807, 2.05) is 26.8 Å². The van der Waals surface area contributed by atoms with Crippen molar-refractivity contribution in [1.29, 1.82) is 0 Å². The van der Waals surface area contributed by atoms with Gasteiger partial charge in [-0.05, 0) is 58.7 Å². The first-order valence-electron chi connectivity index (χ1n) is 5.85. The molecule has 0 aromatic carbocycles. The summed E-state index contributed by atoms with van der Waals surface area (Å²) in [5, 5.41) is 3.12. The summed E-state index contributed by atoms with van der Waals surface area (Å²) < 4.78 is 1.72. The summed E-state index contributed by atoms with van der Waals surface area (Å²) in [6.07, 6.45) is 1.70. The molecular formula is C12H17Br2N3O. The molecule has 0 aliphatic heterocycles. The molecule has 1 heterocycles. The number of carbonyl (C=O) groups excluding carboxylic acids is 1. The number of halogens is 2. The van der Waals surface area contributed by atoms with Gasteiger partial charge in [0.25, 0.3) is 0 Å². The summed E-state index contributed by atoms with van der Waals surface area (Å²) in [6, 6.07) is 1.60. The van der Waals surface area contributed by atoms with Crippen LogP contribution in [0, 0.1) is 0 Å². The van der Waals surface area contributed by atoms with Gasteiger partial charge in [0.15, 0.2) is 0 Å². The monoisotopic (exact) mass is 377 g/mol. The van der Waals surface area contributed by atoms with Gasteiger partial charge in [0.05, 0.1) is 4.47 Å². The highest BCUT2D eigenvalue weighted by atomic mass is 79.9. The summed E-state index contributed by atoms with van der Waals surface area (Å²) >= 11 is 6.76. The molecule has 0 bridgehead atoms. The van der Waals surface area contributed by atoms with E-state index in [0.29, 0.717) is 5.82 Å². The summed E-state index contributed by atoms with van der Waals surface area (Å²) in [6.45, 7) is 7.23. The molecule has 0 spiro atoms. The Hall–Kier alpha value is -0.620. The van der Waals surface area contributed by atoms with Gasteiger partial charge in [-0.15, -0.1) is 0 Å². The second-order valence-electron chi connectivity index (χ2n) is 3.86. The molecule has 1 aromatic heterocycles. The van der Waals surface area contributed by atoms with E-state index in [9.17, 15) is 4.79 Å². The second kappa shape index (κ2) is 7.09. The largest absolute Gasteiger partial charge is 0.358 e. The van der Waals surface area contributed by atoms with Gasteiger partial charge in [-0.25, -0.2) is 4.98 Å². The number of nitrogens with zero attached hydrogens (tertiary/aromatic N) is 2. The Bertz CT molecular complexity index is 422. The fourth-order valence-corrected chi connectivity index (χ4v) is 2.70. The lowest BCUT2D eigenvalue weighted by molar-refractivity contribution is -0.131. The van der Waals surface area contributed by atoms with Gasteiger partial charge >= 0.3 is 0 Å². The van der Waals surface area contributed by atoms with Crippen LogP contribution >= 0.6 is 31.9 Å². The van der Waals surface area contributed by atoms with Crippen LogP contribution in [0.15, 0.2) is 21.2 Å². The minimum Gasteiger partial charge on any atom is -0.358 e. The topological polar surface area (TPSA) is 45.2 Å². The first-order valence-corrected chi connectivity index (χ1v) is 7.44. The van der Waals surface area contributed by atoms with Crippen LogP contribution in [0.1, 0.15) is 20.8 Å². The van der Waals surface area contributed by atoms with Crippen molar-refractivity contribution < 1.29 is 4.79 Å². The molecule has 1 unspecified atom stereocenters. The lowest BCUT2D eigenvalue weighted by Gasteiger charge is -2.24. The molecule has 18 heavy (non-hydrogen) atoms. The van der Waals surface area contributed by atoms with Gasteiger partial charge < -0.3 is 10.2 Å². The Morgan fingerprint density at radius 2 is 2.06 bits per heavy atom. The van der Waals surface area contributed by atoms with Gasteiger partial charge in [-0.1, -0.05) is 0 Å². The number of amides is 1. The van der Waals surface area contributed by atoms with E-state index >= 15 is 0 Å². The zero-order valence-corrected chi connectivity index (χ0v) is 13.9. The second-order valence-corrected chi connectivity index (χ2v) is 5.63. The van der Waals surface area contributed by atoms with Crippen LogP contribution in [0.4, 0.5) is 5.82 Å². The average molecular weight is 379 g/mol. The van der Waals surface area contributed by atoms with E-state index in [2.05, 4.69) is 42.2 Å². The van der Waals surface area contributed by atoms with E-state index in [1.165, 1.54) is 0 Å². The lowest BCUT2D eigenvalue weighted by Crippen LogP contribution is -2.41. The van der Waals surface area contributed by atoms with Crippen LogP contribution in [0.3, 0.4) is 0 Å². The van der Waals surface area contributed by atoms with Crippen molar-refractivity contribution in [2.75, 3.05) is 18.4 Å². The van der Waals surface area contributed by atoms with Crippen LogP contribution in [0.5, 0.6) is 0 Å². The number of hydrogen-bond acceptors (Lipinski definition) is 3. The third-order valence-electron chi connectivity index (χ3n) is 2.61. The molecule has 0 fully saturated rings. The molecule has 6 heteroatoms. The van der Waals surface area contributed by atoms with Crippen LogP contribution in [0.25, 0.3) is 0 Å². The van der Waals surface area contributed by atoms with Crippen molar-refractivity contribution in [3.63, 3.8) is 0 Å². The van der Waals surface area contributed by atoms with Gasteiger partial charge in [0, 0.05) is 23.8 Å². The maximum absolute atomic E-state index is 12.1. The SMILES string of the molecule is CCN(CC)C(=O)C(C)Nc1ncc(Br)cc1Br. The van der Waals surface area contributed by atoms with E-state index in [4.69, 9.17) is 0 Å². The fraction of sp³-hybridized carbons (Fsp3) is 0.500. The molecule has 0 aliphatic carbocycles. The predicted octanol–water partition coefficient (Wildman–Crippen LogP) is 3.28. The average Bonchev–Trinajstić information content (AvgIpc) is 2.34. The Morgan fingerprint density at radius 1 is 1.44 bits per heavy atom. The number of carbonyl (C=O) groups is 1. The first kappa shape index (κ1) is 15.4. The molecular weight excluding hydrogens is 362 g/mol. The smallest absolute Gasteiger partial charge is 0.244 e. The number of hydrogen-bond donors (Lipinski definition) is 1. The van der Waals surface area contributed by atoms with E-state index in [1.54, 1.807) is 11.1 Å². The van der Waals surface area contributed by atoms with Gasteiger partial charge in [-0.2, -0.15) is 0 Å². The molecule has 1 atom stereocenters. The molecule has 4 nitrogen and oxygen atoms in total. The molecule has 1 rings (SSSR count). The molecule has 1 aromatic rings. The molecule has 0 radical (unpaired) electrons. The van der Waals surface area contributed by atoms with Crippen molar-refractivity contribution in [2.24, 2.45) is 0 Å². The van der Waals surface area contributed by atoms with E-state index < -0.39 is 0 Å². The molecule has 100 valence electrons. The van der Waals surface area contributed by atoms with Crippen LogP contribution in [0.2, 0.25) is 0 Å². The lowest BCUT2D eigenvalue weighted by atomic mass is 10.2. The Balaban J connectivity index is 2.75. The normalized spacial score (nSPS) is 12.1. The minimum atomic E-state index is -0.296. The van der Waals surface area contributed by atoms with E-state index in [0.717, 1.165) is 22.0 Å². The van der Waals surface area contributed by atoms with Crippen LogP contribution in [-0.2, 0) is 4.79 Å². The van der Waals surface area contributed by atoms with Gasteiger partial charge in [-0.3, -0.25) is 4.79 Å². The van der Waals surface area contributed by atoms with Crippen molar-refractivity contribution in [3.8, 4) is 0 Å². The maximum atomic E-state index is 12.1. The fourth-order valence-electron chi connectivity index (χ4n) is 1.60. The quantitative estimate of drug-likeness (QED) is 0.855. The van der Waals surface area contributed by atoms with E-state index in [-0.39, 0.29) is 11.9 Å². The van der Waals surface area contributed by atoms with Crippen LogP contribution < -0.4 is 5.32 Å². The van der Waals surface area contributed by atoms with Gasteiger partial charge in [0.2, 0.25) is 5.91 Å². The highest BCUT2D eigenvalue weighted by Crippen LogP contribution is 2.24. The Kier molecular flexibility index (Phi) is 6.08. The number of anilines is 1. The number of pyridine rings is 1. The highest BCUT2D eigenvalue weighted by molar-refractivity contribution is 9.11. The third kappa shape index (κ3) is 3.95. The molecule has 1 N–H and O–H groups in total. The van der Waals surface area contributed by atoms with Crippen molar-refractivity contribution in [3.05, 3.63) is 21.2 Å². The molecule has 0 saturated heterocycles. The van der Waals surface area contributed by atoms with Gasteiger partial charge in [0.1, 0.15) is 11.9 Å². The molecule has 0 saturated carbocycles.